The Kier molecular flexibility index (Phi) is 8.14. The standard InChI is InChI=1S/C25H33N3O4S/c29-25(26-19-22-8-3-4-9-23(22)20-27-14-16-32-17-15-27)21-10-7-11-24(18-21)33(30,31)28-12-5-1-2-6-13-28/h3-4,7-11,18H,1-2,5-6,12-17,19-20H2,(H,26,29). The smallest absolute Gasteiger partial charge is 0.251 e. The largest absolute Gasteiger partial charge is 0.379 e. The van der Waals surface area contributed by atoms with Crippen molar-refractivity contribution < 1.29 is 17.9 Å². The molecule has 1 N–H and O–H groups in total. The van der Waals surface area contributed by atoms with Crippen LogP contribution in [0.2, 0.25) is 0 Å². The first-order valence-electron chi connectivity index (χ1n) is 11.8. The van der Waals surface area contributed by atoms with Crippen LogP contribution in [0.4, 0.5) is 0 Å². The lowest BCUT2D eigenvalue weighted by Crippen LogP contribution is -2.36. The topological polar surface area (TPSA) is 79.0 Å². The van der Waals surface area contributed by atoms with Gasteiger partial charge in [-0.2, -0.15) is 4.31 Å². The number of sulfonamides is 1. The van der Waals surface area contributed by atoms with Crippen molar-refractivity contribution in [1.82, 2.24) is 14.5 Å². The molecule has 0 saturated carbocycles. The van der Waals surface area contributed by atoms with Gasteiger partial charge in [-0.3, -0.25) is 9.69 Å². The first kappa shape index (κ1) is 23.9. The highest BCUT2D eigenvalue weighted by Gasteiger charge is 2.25. The number of nitrogens with zero attached hydrogens (tertiary/aromatic N) is 2. The molecule has 4 rings (SSSR count). The first-order chi connectivity index (χ1) is 16.0. The fraction of sp³-hybridized carbons (Fsp3) is 0.480. The van der Waals surface area contributed by atoms with E-state index in [1.165, 1.54) is 11.6 Å². The molecule has 1 amide bonds. The molecule has 33 heavy (non-hydrogen) atoms. The third-order valence-electron chi connectivity index (χ3n) is 6.35. The molecule has 0 atom stereocenters. The molecule has 0 aliphatic carbocycles. The van der Waals surface area contributed by atoms with Crippen LogP contribution < -0.4 is 5.32 Å². The van der Waals surface area contributed by atoms with Crippen molar-refractivity contribution in [2.45, 2.75) is 43.7 Å². The minimum absolute atomic E-state index is 0.185. The van der Waals surface area contributed by atoms with Gasteiger partial charge in [0.1, 0.15) is 0 Å². The van der Waals surface area contributed by atoms with Gasteiger partial charge < -0.3 is 10.1 Å². The number of amides is 1. The normalized spacial score (nSPS) is 18.5. The monoisotopic (exact) mass is 471 g/mol. The first-order valence-corrected chi connectivity index (χ1v) is 13.2. The zero-order valence-electron chi connectivity index (χ0n) is 19.0. The molecular formula is C25H33N3O4S. The SMILES string of the molecule is O=C(NCc1ccccc1CN1CCOCC1)c1cccc(S(=O)(=O)N2CCCCCC2)c1. The highest BCUT2D eigenvalue weighted by molar-refractivity contribution is 7.89. The Morgan fingerprint density at radius 2 is 1.58 bits per heavy atom. The third-order valence-corrected chi connectivity index (χ3v) is 8.25. The molecule has 2 fully saturated rings. The predicted octanol–water partition coefficient (Wildman–Crippen LogP) is 3.01. The fourth-order valence-corrected chi connectivity index (χ4v) is 5.95. The molecule has 0 unspecified atom stereocenters. The van der Waals surface area contributed by atoms with Gasteiger partial charge in [-0.15, -0.1) is 0 Å². The molecule has 2 aromatic carbocycles. The number of ether oxygens (including phenoxy) is 1. The van der Waals surface area contributed by atoms with E-state index in [1.54, 1.807) is 22.5 Å². The van der Waals surface area contributed by atoms with E-state index in [0.717, 1.165) is 64.1 Å². The van der Waals surface area contributed by atoms with E-state index in [0.29, 0.717) is 25.2 Å². The van der Waals surface area contributed by atoms with Crippen LogP contribution in [0.3, 0.4) is 0 Å². The number of benzene rings is 2. The Morgan fingerprint density at radius 3 is 2.30 bits per heavy atom. The summed E-state index contributed by atoms with van der Waals surface area (Å²) in [6.45, 7) is 5.59. The van der Waals surface area contributed by atoms with E-state index >= 15 is 0 Å². The summed E-state index contributed by atoms with van der Waals surface area (Å²) in [5.74, 6) is -0.274. The van der Waals surface area contributed by atoms with Crippen molar-refractivity contribution >= 4 is 15.9 Å². The van der Waals surface area contributed by atoms with Gasteiger partial charge in [-0.25, -0.2) is 8.42 Å². The molecule has 0 bridgehead atoms. The Bertz CT molecular complexity index is 1040. The lowest BCUT2D eigenvalue weighted by Gasteiger charge is -2.27. The fourth-order valence-electron chi connectivity index (χ4n) is 4.39. The molecule has 178 valence electrons. The summed E-state index contributed by atoms with van der Waals surface area (Å²) >= 11 is 0. The quantitative estimate of drug-likeness (QED) is 0.672. The van der Waals surface area contributed by atoms with Crippen molar-refractivity contribution in [2.75, 3.05) is 39.4 Å². The Morgan fingerprint density at radius 1 is 0.879 bits per heavy atom. The van der Waals surface area contributed by atoms with E-state index in [2.05, 4.69) is 16.3 Å². The van der Waals surface area contributed by atoms with Gasteiger partial charge in [0.05, 0.1) is 18.1 Å². The van der Waals surface area contributed by atoms with Crippen molar-refractivity contribution in [2.24, 2.45) is 0 Å². The summed E-state index contributed by atoms with van der Waals surface area (Å²) in [7, 11) is -3.59. The summed E-state index contributed by atoms with van der Waals surface area (Å²) in [5, 5.41) is 2.97. The number of hydrogen-bond acceptors (Lipinski definition) is 5. The zero-order chi connectivity index (χ0) is 23.1. The number of carbonyl (C=O) groups excluding carboxylic acids is 1. The maximum absolute atomic E-state index is 13.1. The Hall–Kier alpha value is -2.26. The van der Waals surface area contributed by atoms with E-state index in [-0.39, 0.29) is 10.8 Å². The van der Waals surface area contributed by atoms with Gasteiger partial charge in [0.25, 0.3) is 5.91 Å². The van der Waals surface area contributed by atoms with Crippen LogP contribution in [0.5, 0.6) is 0 Å². The molecule has 0 aromatic heterocycles. The van der Waals surface area contributed by atoms with Crippen molar-refractivity contribution in [1.29, 1.82) is 0 Å². The zero-order valence-corrected chi connectivity index (χ0v) is 19.9. The second-order valence-corrected chi connectivity index (χ2v) is 10.6. The van der Waals surface area contributed by atoms with Gasteiger partial charge >= 0.3 is 0 Å². The van der Waals surface area contributed by atoms with Crippen LogP contribution >= 0.6 is 0 Å². The summed E-state index contributed by atoms with van der Waals surface area (Å²) in [6.07, 6.45) is 3.87. The molecule has 8 heteroatoms. The average Bonchev–Trinajstić information content (AvgIpc) is 3.14. The summed E-state index contributed by atoms with van der Waals surface area (Å²) in [5.41, 5.74) is 2.60. The maximum atomic E-state index is 13.1. The lowest BCUT2D eigenvalue weighted by molar-refractivity contribution is 0.0340. The molecule has 0 radical (unpaired) electrons. The second-order valence-electron chi connectivity index (χ2n) is 8.69. The second kappa shape index (κ2) is 11.2. The number of rotatable bonds is 7. The Balaban J connectivity index is 1.42. The van der Waals surface area contributed by atoms with Crippen LogP contribution in [0.25, 0.3) is 0 Å². The third kappa shape index (κ3) is 6.20. The predicted molar refractivity (Wildman–Crippen MR) is 127 cm³/mol. The summed E-state index contributed by atoms with van der Waals surface area (Å²) < 4.78 is 33.2. The van der Waals surface area contributed by atoms with E-state index in [4.69, 9.17) is 4.74 Å². The van der Waals surface area contributed by atoms with Crippen LogP contribution in [0, 0.1) is 0 Å². The van der Waals surface area contributed by atoms with Crippen LogP contribution in [-0.4, -0.2) is 62.9 Å². The molecule has 2 saturated heterocycles. The van der Waals surface area contributed by atoms with Gasteiger partial charge in [-0.1, -0.05) is 43.2 Å². The van der Waals surface area contributed by atoms with E-state index < -0.39 is 10.0 Å². The van der Waals surface area contributed by atoms with E-state index in [1.807, 2.05) is 18.2 Å². The molecule has 7 nitrogen and oxygen atoms in total. The number of hydrogen-bond donors (Lipinski definition) is 1. The molecule has 2 heterocycles. The molecule has 2 aliphatic heterocycles. The van der Waals surface area contributed by atoms with Crippen molar-refractivity contribution in [3.63, 3.8) is 0 Å². The van der Waals surface area contributed by atoms with Crippen LogP contribution in [0.15, 0.2) is 53.4 Å². The van der Waals surface area contributed by atoms with Gasteiger partial charge in [0, 0.05) is 44.8 Å². The Labute approximate surface area is 196 Å². The highest BCUT2D eigenvalue weighted by Crippen LogP contribution is 2.21. The van der Waals surface area contributed by atoms with Crippen molar-refractivity contribution in [3.8, 4) is 0 Å². The number of carbonyl (C=O) groups is 1. The molecule has 2 aliphatic rings. The molecule has 0 spiro atoms. The number of nitrogens with one attached hydrogen (secondary N) is 1. The van der Waals surface area contributed by atoms with Crippen molar-refractivity contribution in [3.05, 3.63) is 65.2 Å². The summed E-state index contributed by atoms with van der Waals surface area (Å²) in [4.78, 5) is 15.4. The van der Waals surface area contributed by atoms with E-state index in [9.17, 15) is 13.2 Å². The van der Waals surface area contributed by atoms with Gasteiger partial charge in [0.2, 0.25) is 10.0 Å². The van der Waals surface area contributed by atoms with Crippen LogP contribution in [0.1, 0.15) is 47.2 Å². The highest BCUT2D eigenvalue weighted by atomic mass is 32.2. The molecule has 2 aromatic rings. The minimum atomic E-state index is -3.59. The summed E-state index contributed by atoms with van der Waals surface area (Å²) in [6, 6.07) is 14.5. The molecular weight excluding hydrogens is 438 g/mol. The average molecular weight is 472 g/mol. The van der Waals surface area contributed by atoms with Gasteiger partial charge in [0.15, 0.2) is 0 Å². The number of morpholine rings is 1. The van der Waals surface area contributed by atoms with Gasteiger partial charge in [-0.05, 0) is 42.2 Å². The minimum Gasteiger partial charge on any atom is -0.379 e. The van der Waals surface area contributed by atoms with Crippen LogP contribution in [-0.2, 0) is 27.8 Å². The maximum Gasteiger partial charge on any atom is 0.251 e. The lowest BCUT2D eigenvalue weighted by atomic mass is 10.1.